The van der Waals surface area contributed by atoms with E-state index in [1.807, 2.05) is 24.3 Å². The van der Waals surface area contributed by atoms with Gasteiger partial charge in [-0.15, -0.1) is 0 Å². The summed E-state index contributed by atoms with van der Waals surface area (Å²) >= 11 is 5.92. The van der Waals surface area contributed by atoms with E-state index < -0.39 is 0 Å². The number of anilines is 2. The molecule has 2 aromatic carbocycles. The van der Waals surface area contributed by atoms with Gasteiger partial charge in [-0.2, -0.15) is 0 Å². The van der Waals surface area contributed by atoms with Crippen molar-refractivity contribution in [3.8, 4) is 0 Å². The van der Waals surface area contributed by atoms with E-state index in [2.05, 4.69) is 41.8 Å². The van der Waals surface area contributed by atoms with Gasteiger partial charge in [-0.3, -0.25) is 0 Å². The fraction of sp³-hybridized carbons (Fsp3) is 0.200. The van der Waals surface area contributed by atoms with Crippen molar-refractivity contribution in [2.45, 2.75) is 6.92 Å². The van der Waals surface area contributed by atoms with Crippen LogP contribution in [-0.4, -0.2) is 13.1 Å². The molecule has 0 aromatic heterocycles. The van der Waals surface area contributed by atoms with Crippen LogP contribution in [0.5, 0.6) is 0 Å². The lowest BCUT2D eigenvalue weighted by atomic mass is 10.2. The lowest BCUT2D eigenvalue weighted by Crippen LogP contribution is -2.13. The molecule has 0 aliphatic rings. The molecule has 2 N–H and O–H groups in total. The summed E-state index contributed by atoms with van der Waals surface area (Å²) in [6.07, 6.45) is 0. The maximum Gasteiger partial charge on any atom is 0.0426 e. The molecule has 0 saturated carbocycles. The minimum absolute atomic E-state index is 0.756. The summed E-state index contributed by atoms with van der Waals surface area (Å²) in [5, 5.41) is 7.45. The minimum Gasteiger partial charge on any atom is -0.383 e. The predicted molar refractivity (Wildman–Crippen MR) is 79.6 cm³/mol. The number of hydrogen-bond donors (Lipinski definition) is 2. The van der Waals surface area contributed by atoms with E-state index in [4.69, 9.17) is 11.6 Å². The quantitative estimate of drug-likeness (QED) is 0.789. The standard InChI is InChI=1S/C15H17ClN2/c1-12-4-2-6-14(10-12)17-8-9-18-15-7-3-5-13(16)11-15/h2-7,10-11,17-18H,8-9H2,1H3. The zero-order valence-electron chi connectivity index (χ0n) is 10.4. The number of benzene rings is 2. The topological polar surface area (TPSA) is 24.1 Å². The van der Waals surface area contributed by atoms with Crippen LogP contribution >= 0.6 is 11.6 Å². The van der Waals surface area contributed by atoms with Crippen molar-refractivity contribution in [3.63, 3.8) is 0 Å². The molecule has 0 aliphatic heterocycles. The molecule has 0 unspecified atom stereocenters. The second kappa shape index (κ2) is 6.31. The molecule has 0 heterocycles. The van der Waals surface area contributed by atoms with Crippen LogP contribution in [0.15, 0.2) is 48.5 Å². The van der Waals surface area contributed by atoms with Gasteiger partial charge < -0.3 is 10.6 Å². The highest BCUT2D eigenvalue weighted by Crippen LogP contribution is 2.14. The lowest BCUT2D eigenvalue weighted by molar-refractivity contribution is 1.08. The van der Waals surface area contributed by atoms with E-state index >= 15 is 0 Å². The van der Waals surface area contributed by atoms with Crippen LogP contribution in [0, 0.1) is 6.92 Å². The molecular weight excluding hydrogens is 244 g/mol. The second-order valence-corrected chi connectivity index (χ2v) is 4.67. The summed E-state index contributed by atoms with van der Waals surface area (Å²) in [5.74, 6) is 0. The van der Waals surface area contributed by atoms with Crippen LogP contribution in [-0.2, 0) is 0 Å². The molecule has 0 spiro atoms. The number of nitrogens with one attached hydrogen (secondary N) is 2. The van der Waals surface area contributed by atoms with E-state index in [1.54, 1.807) is 0 Å². The maximum atomic E-state index is 5.92. The van der Waals surface area contributed by atoms with Gasteiger partial charge in [0.15, 0.2) is 0 Å². The molecule has 0 saturated heterocycles. The highest BCUT2D eigenvalue weighted by atomic mass is 35.5. The highest BCUT2D eigenvalue weighted by Gasteiger charge is 1.94. The third-order valence-corrected chi connectivity index (χ3v) is 2.86. The first kappa shape index (κ1) is 12.8. The van der Waals surface area contributed by atoms with Gasteiger partial charge in [-0.1, -0.05) is 29.8 Å². The molecule has 0 aliphatic carbocycles. The Morgan fingerprint density at radius 1 is 0.889 bits per heavy atom. The zero-order valence-corrected chi connectivity index (χ0v) is 11.2. The van der Waals surface area contributed by atoms with E-state index in [0.29, 0.717) is 0 Å². The molecule has 18 heavy (non-hydrogen) atoms. The van der Waals surface area contributed by atoms with Crippen LogP contribution in [0.25, 0.3) is 0 Å². The lowest BCUT2D eigenvalue weighted by Gasteiger charge is -2.09. The van der Waals surface area contributed by atoms with Crippen molar-refractivity contribution in [2.24, 2.45) is 0 Å². The molecule has 94 valence electrons. The SMILES string of the molecule is Cc1cccc(NCCNc2cccc(Cl)c2)c1. The summed E-state index contributed by atoms with van der Waals surface area (Å²) in [7, 11) is 0. The first-order valence-corrected chi connectivity index (χ1v) is 6.42. The largest absolute Gasteiger partial charge is 0.383 e. The smallest absolute Gasteiger partial charge is 0.0426 e. The van der Waals surface area contributed by atoms with Crippen molar-refractivity contribution in [3.05, 3.63) is 59.1 Å². The van der Waals surface area contributed by atoms with E-state index in [-0.39, 0.29) is 0 Å². The third-order valence-electron chi connectivity index (χ3n) is 2.63. The van der Waals surface area contributed by atoms with Gasteiger partial charge in [0.2, 0.25) is 0 Å². The summed E-state index contributed by atoms with van der Waals surface area (Å²) in [6.45, 7) is 3.82. The van der Waals surface area contributed by atoms with Gasteiger partial charge in [0.1, 0.15) is 0 Å². The second-order valence-electron chi connectivity index (χ2n) is 4.23. The summed E-state index contributed by atoms with van der Waals surface area (Å²) in [5.41, 5.74) is 3.47. The Balaban J connectivity index is 1.76. The number of rotatable bonds is 5. The Bertz CT molecular complexity index is 464. The molecule has 3 heteroatoms. The van der Waals surface area contributed by atoms with Gasteiger partial charge in [-0.25, -0.2) is 0 Å². The van der Waals surface area contributed by atoms with Crippen molar-refractivity contribution >= 4 is 23.0 Å². The van der Waals surface area contributed by atoms with Crippen LogP contribution in [0.4, 0.5) is 11.4 Å². The molecular formula is C15H17ClN2. The maximum absolute atomic E-state index is 5.92. The monoisotopic (exact) mass is 260 g/mol. The number of halogens is 1. The third kappa shape index (κ3) is 3.97. The van der Waals surface area contributed by atoms with Crippen LogP contribution < -0.4 is 10.6 Å². The Labute approximate surface area is 113 Å². The minimum atomic E-state index is 0.756. The van der Waals surface area contributed by atoms with Crippen LogP contribution in [0.2, 0.25) is 5.02 Å². The molecule has 2 nitrogen and oxygen atoms in total. The molecule has 0 radical (unpaired) electrons. The van der Waals surface area contributed by atoms with Crippen molar-refractivity contribution in [2.75, 3.05) is 23.7 Å². The van der Waals surface area contributed by atoms with Gasteiger partial charge in [-0.05, 0) is 42.8 Å². The molecule has 0 fully saturated rings. The van der Waals surface area contributed by atoms with Gasteiger partial charge in [0, 0.05) is 29.5 Å². The molecule has 2 rings (SSSR count). The molecule has 2 aromatic rings. The molecule has 0 bridgehead atoms. The Hall–Kier alpha value is -1.67. The van der Waals surface area contributed by atoms with Crippen molar-refractivity contribution in [1.29, 1.82) is 0 Å². The van der Waals surface area contributed by atoms with Crippen LogP contribution in [0.1, 0.15) is 5.56 Å². The number of aryl methyl sites for hydroxylation is 1. The predicted octanol–water partition coefficient (Wildman–Crippen LogP) is 4.17. The fourth-order valence-corrected chi connectivity index (χ4v) is 1.96. The van der Waals surface area contributed by atoms with E-state index in [9.17, 15) is 0 Å². The van der Waals surface area contributed by atoms with Gasteiger partial charge in [0.05, 0.1) is 0 Å². The fourth-order valence-electron chi connectivity index (χ4n) is 1.77. The molecule has 0 amide bonds. The van der Waals surface area contributed by atoms with Crippen LogP contribution in [0.3, 0.4) is 0 Å². The Morgan fingerprint density at radius 3 is 2.11 bits per heavy atom. The van der Waals surface area contributed by atoms with Crippen molar-refractivity contribution < 1.29 is 0 Å². The van der Waals surface area contributed by atoms with Gasteiger partial charge in [0.25, 0.3) is 0 Å². The average molecular weight is 261 g/mol. The summed E-state index contributed by atoms with van der Waals surface area (Å²) in [6, 6.07) is 16.1. The normalized spacial score (nSPS) is 10.1. The first-order valence-electron chi connectivity index (χ1n) is 6.04. The van der Waals surface area contributed by atoms with E-state index in [0.717, 1.165) is 29.5 Å². The number of hydrogen-bond acceptors (Lipinski definition) is 2. The first-order chi connectivity index (χ1) is 8.74. The average Bonchev–Trinajstić information content (AvgIpc) is 2.35. The van der Waals surface area contributed by atoms with E-state index in [1.165, 1.54) is 5.56 Å². The highest BCUT2D eigenvalue weighted by molar-refractivity contribution is 6.30. The zero-order chi connectivity index (χ0) is 12.8. The summed E-state index contributed by atoms with van der Waals surface area (Å²) in [4.78, 5) is 0. The van der Waals surface area contributed by atoms with Crippen molar-refractivity contribution in [1.82, 2.24) is 0 Å². The molecule has 0 atom stereocenters. The Morgan fingerprint density at radius 2 is 1.50 bits per heavy atom. The Kier molecular flexibility index (Phi) is 4.48. The van der Waals surface area contributed by atoms with Gasteiger partial charge >= 0.3 is 0 Å². The summed E-state index contributed by atoms with van der Waals surface area (Å²) < 4.78 is 0.